The molecule has 0 saturated heterocycles. The molecule has 0 aliphatic rings. The van der Waals surface area contributed by atoms with Crippen LogP contribution in [-0.4, -0.2) is 7.12 Å². The van der Waals surface area contributed by atoms with Gasteiger partial charge in [-0.3, -0.25) is 0 Å². The summed E-state index contributed by atoms with van der Waals surface area (Å²) in [6.07, 6.45) is 0. The summed E-state index contributed by atoms with van der Waals surface area (Å²) in [7, 11) is -3.26. The van der Waals surface area contributed by atoms with E-state index in [0.29, 0.717) is 12.1 Å². The predicted octanol–water partition coefficient (Wildman–Crippen LogP) is 9.24. The largest absolute Gasteiger partial charge is 0.633 e. The second-order valence-electron chi connectivity index (χ2n) is 9.71. The van der Waals surface area contributed by atoms with Crippen LogP contribution in [0.5, 0.6) is 11.5 Å². The van der Waals surface area contributed by atoms with Gasteiger partial charge in [0.15, 0.2) is 58.0 Å². The Morgan fingerprint density at radius 3 is 1.28 bits per heavy atom. The fraction of sp³-hybridized carbons (Fsp3) is 0. The van der Waals surface area contributed by atoms with Gasteiger partial charge in [0, 0.05) is 17.1 Å². The summed E-state index contributed by atoms with van der Waals surface area (Å²) in [5.74, 6) is -50.5. The molecule has 2 nitrogen and oxygen atoms in total. The van der Waals surface area contributed by atoms with Gasteiger partial charge in [-0.25, -0.2) is 61.5 Å². The molecule has 0 bridgehead atoms. The smallest absolute Gasteiger partial charge is 0.519 e. The van der Waals surface area contributed by atoms with E-state index >= 15 is 8.78 Å². The third-order valence-corrected chi connectivity index (χ3v) is 6.80. The summed E-state index contributed by atoms with van der Waals surface area (Å²) in [4.78, 5) is 0. The van der Waals surface area contributed by atoms with Gasteiger partial charge in [-0.2, -0.15) is 13.2 Å². The second kappa shape index (κ2) is 13.1. The van der Waals surface area contributed by atoms with Crippen molar-refractivity contribution in [3.8, 4) is 33.8 Å². The molecule has 0 spiro atoms. The SMILES string of the molecule is Fc1cc(F)c(F)c(-c2ccccc2B(Oc2c(F)c(F)c(F)c(F)c2F)Oc2c(F)c(F)c(F)c(F)c2-c2c(F)c(F)c(F)c(F)c2F)c1. The van der Waals surface area contributed by atoms with Gasteiger partial charge in [-0.15, -0.1) is 0 Å². The molecule has 0 radical (unpaired) electrons. The third-order valence-electron chi connectivity index (χ3n) is 6.80. The zero-order valence-corrected chi connectivity index (χ0v) is 23.3. The Bertz CT molecular complexity index is 2170. The van der Waals surface area contributed by atoms with Crippen LogP contribution in [-0.2, 0) is 0 Å². The average molecular weight is 732 g/mol. The van der Waals surface area contributed by atoms with E-state index in [0.717, 1.165) is 12.1 Å². The van der Waals surface area contributed by atoms with Gasteiger partial charge in [0.2, 0.25) is 46.5 Å². The lowest BCUT2D eigenvalue weighted by atomic mass is 9.73. The van der Waals surface area contributed by atoms with E-state index in [2.05, 4.69) is 0 Å². The van der Waals surface area contributed by atoms with E-state index in [1.54, 1.807) is 0 Å². The highest BCUT2D eigenvalue weighted by atomic mass is 19.2. The number of halogens is 17. The Labute approximate surface area is 266 Å². The molecule has 0 unspecified atom stereocenters. The van der Waals surface area contributed by atoms with Gasteiger partial charge in [0.05, 0.1) is 11.1 Å². The number of hydrogen-bond donors (Lipinski definition) is 0. The van der Waals surface area contributed by atoms with Crippen LogP contribution in [0, 0.1) is 98.9 Å². The molecule has 0 aliphatic heterocycles. The molecule has 0 saturated carbocycles. The van der Waals surface area contributed by atoms with Crippen molar-refractivity contribution >= 4 is 12.6 Å². The topological polar surface area (TPSA) is 18.5 Å². The molecular weight excluding hydrogens is 726 g/mol. The Morgan fingerprint density at radius 1 is 0.360 bits per heavy atom. The van der Waals surface area contributed by atoms with Crippen molar-refractivity contribution in [3.63, 3.8) is 0 Å². The van der Waals surface area contributed by atoms with E-state index in [1.165, 1.54) is 0 Å². The van der Waals surface area contributed by atoms with Crippen LogP contribution >= 0.6 is 0 Å². The summed E-state index contributed by atoms with van der Waals surface area (Å²) in [6.45, 7) is 0. The van der Waals surface area contributed by atoms with Gasteiger partial charge in [0.1, 0.15) is 5.82 Å². The van der Waals surface area contributed by atoms with Gasteiger partial charge in [-0.1, -0.05) is 24.3 Å². The standard InChI is InChI=1S/C30H6BF17O2/c32-7-5-9(14(34)11(33)6-7)8-3-1-2-4-10(8)31(50-30-27(47)24(44)22(42)25(45)28(30)48)49-29-13(17(37)20(40)23(43)26(29)46)12-15(35)18(38)21(41)19(39)16(12)36/h1-6H. The number of hydrogen-bond acceptors (Lipinski definition) is 2. The van der Waals surface area contributed by atoms with Crippen LogP contribution in [0.25, 0.3) is 22.3 Å². The molecule has 5 aromatic carbocycles. The molecule has 5 rings (SSSR count). The van der Waals surface area contributed by atoms with Crippen molar-refractivity contribution in [2.75, 3.05) is 0 Å². The minimum atomic E-state index is -3.26. The molecule has 0 atom stereocenters. The number of rotatable bonds is 7. The lowest BCUT2D eigenvalue weighted by Crippen LogP contribution is -2.45. The van der Waals surface area contributed by atoms with E-state index in [9.17, 15) is 65.9 Å². The fourth-order valence-electron chi connectivity index (χ4n) is 4.52. The molecule has 0 N–H and O–H groups in total. The molecule has 0 aliphatic carbocycles. The molecule has 5 aromatic rings. The summed E-state index contributed by atoms with van der Waals surface area (Å²) in [5, 5.41) is 0. The zero-order chi connectivity index (χ0) is 37.1. The summed E-state index contributed by atoms with van der Waals surface area (Å²) >= 11 is 0. The lowest BCUT2D eigenvalue weighted by molar-refractivity contribution is 0.329. The maximum absolute atomic E-state index is 15.3. The van der Waals surface area contributed by atoms with Gasteiger partial charge < -0.3 is 9.31 Å². The highest BCUT2D eigenvalue weighted by molar-refractivity contribution is 6.64. The Kier molecular flexibility index (Phi) is 9.42. The fourth-order valence-corrected chi connectivity index (χ4v) is 4.52. The number of benzene rings is 5. The van der Waals surface area contributed by atoms with Crippen molar-refractivity contribution in [2.24, 2.45) is 0 Å². The van der Waals surface area contributed by atoms with Crippen LogP contribution in [0.15, 0.2) is 36.4 Å². The van der Waals surface area contributed by atoms with Crippen molar-refractivity contribution in [2.45, 2.75) is 0 Å². The summed E-state index contributed by atoms with van der Waals surface area (Å²) < 4.78 is 255. The van der Waals surface area contributed by atoms with E-state index in [1.807, 2.05) is 0 Å². The zero-order valence-electron chi connectivity index (χ0n) is 23.3. The second-order valence-corrected chi connectivity index (χ2v) is 9.71. The lowest BCUT2D eigenvalue weighted by Gasteiger charge is -2.23. The van der Waals surface area contributed by atoms with Crippen LogP contribution in [0.2, 0.25) is 0 Å². The first-order chi connectivity index (χ1) is 23.4. The maximum atomic E-state index is 15.3. The summed E-state index contributed by atoms with van der Waals surface area (Å²) in [5.41, 5.74) is -8.25. The van der Waals surface area contributed by atoms with E-state index < -0.39 is 145 Å². The predicted molar refractivity (Wildman–Crippen MR) is 136 cm³/mol. The van der Waals surface area contributed by atoms with Crippen LogP contribution in [0.3, 0.4) is 0 Å². The maximum Gasteiger partial charge on any atom is 0.633 e. The van der Waals surface area contributed by atoms with Gasteiger partial charge in [0.25, 0.3) is 0 Å². The van der Waals surface area contributed by atoms with Gasteiger partial charge >= 0.3 is 7.12 Å². The molecule has 0 aromatic heterocycles. The average Bonchev–Trinajstić information content (AvgIpc) is 3.09. The van der Waals surface area contributed by atoms with Crippen molar-refractivity contribution in [1.29, 1.82) is 0 Å². The molecular formula is C30H6BF17O2. The Hall–Kier alpha value is -5.43. The highest BCUT2D eigenvalue weighted by Gasteiger charge is 2.41. The molecule has 260 valence electrons. The first-order valence-corrected chi connectivity index (χ1v) is 12.9. The molecule has 0 amide bonds. The summed E-state index contributed by atoms with van der Waals surface area (Å²) in [6, 6.07) is 3.30. The highest BCUT2D eigenvalue weighted by Crippen LogP contribution is 2.43. The third kappa shape index (κ3) is 5.70. The van der Waals surface area contributed by atoms with Crippen LogP contribution in [0.4, 0.5) is 74.6 Å². The van der Waals surface area contributed by atoms with E-state index in [-0.39, 0.29) is 12.1 Å². The monoisotopic (exact) mass is 732 g/mol. The van der Waals surface area contributed by atoms with Crippen molar-refractivity contribution in [3.05, 3.63) is 135 Å². The molecule has 0 heterocycles. The first-order valence-electron chi connectivity index (χ1n) is 12.9. The van der Waals surface area contributed by atoms with Crippen LogP contribution in [0.1, 0.15) is 0 Å². The molecule has 0 fully saturated rings. The van der Waals surface area contributed by atoms with Crippen molar-refractivity contribution in [1.82, 2.24) is 0 Å². The Balaban J connectivity index is 1.88. The quantitative estimate of drug-likeness (QED) is 0.0720. The first kappa shape index (κ1) is 35.9. The minimum Gasteiger partial charge on any atom is -0.519 e. The Morgan fingerprint density at radius 2 is 0.760 bits per heavy atom. The van der Waals surface area contributed by atoms with Gasteiger partial charge in [-0.05, 0) is 11.6 Å². The molecule has 50 heavy (non-hydrogen) atoms. The minimum absolute atomic E-state index is 0.0104. The normalized spacial score (nSPS) is 11.3. The molecule has 20 heteroatoms. The van der Waals surface area contributed by atoms with Crippen LogP contribution < -0.4 is 14.8 Å². The van der Waals surface area contributed by atoms with E-state index in [4.69, 9.17) is 9.31 Å². The van der Waals surface area contributed by atoms with Crippen molar-refractivity contribution < 1.29 is 83.9 Å².